The van der Waals surface area contributed by atoms with E-state index < -0.39 is 11.9 Å². The van der Waals surface area contributed by atoms with Crippen molar-refractivity contribution in [2.24, 2.45) is 5.92 Å². The number of rotatable bonds is 3. The molecule has 1 amide bonds. The van der Waals surface area contributed by atoms with Gasteiger partial charge in [0.2, 0.25) is 0 Å². The molecule has 2 rings (SSSR count). The summed E-state index contributed by atoms with van der Waals surface area (Å²) in [4.78, 5) is 22.8. The van der Waals surface area contributed by atoms with Gasteiger partial charge in [-0.3, -0.25) is 9.59 Å². The average molecular weight is 345 g/mol. The van der Waals surface area contributed by atoms with Crippen LogP contribution in [0.5, 0.6) is 0 Å². The molecule has 1 aromatic carbocycles. The molecular formula is C13H11BrClNO3. The van der Waals surface area contributed by atoms with E-state index in [4.69, 9.17) is 16.7 Å². The molecule has 0 aliphatic heterocycles. The van der Waals surface area contributed by atoms with E-state index in [9.17, 15) is 9.59 Å². The van der Waals surface area contributed by atoms with Crippen LogP contribution in [0.4, 0.5) is 0 Å². The summed E-state index contributed by atoms with van der Waals surface area (Å²) in [6, 6.07) is 4.66. The number of amides is 1. The Kier molecular flexibility index (Phi) is 4.27. The quantitative estimate of drug-likeness (QED) is 0.829. The van der Waals surface area contributed by atoms with Crippen molar-refractivity contribution in [2.75, 3.05) is 0 Å². The Hall–Kier alpha value is -1.33. The number of benzene rings is 1. The Morgan fingerprint density at radius 3 is 2.63 bits per heavy atom. The van der Waals surface area contributed by atoms with Crippen LogP contribution in [0.2, 0.25) is 5.02 Å². The van der Waals surface area contributed by atoms with Crippen molar-refractivity contribution in [3.05, 3.63) is 45.4 Å². The second-order valence-electron chi connectivity index (χ2n) is 4.30. The number of carboxylic acids is 1. The van der Waals surface area contributed by atoms with Gasteiger partial charge >= 0.3 is 5.97 Å². The maximum absolute atomic E-state index is 12.0. The van der Waals surface area contributed by atoms with Crippen LogP contribution < -0.4 is 5.32 Å². The van der Waals surface area contributed by atoms with E-state index in [2.05, 4.69) is 21.2 Å². The maximum atomic E-state index is 12.0. The topological polar surface area (TPSA) is 66.4 Å². The first kappa shape index (κ1) is 14.1. The number of aliphatic carboxylic acids is 1. The summed E-state index contributed by atoms with van der Waals surface area (Å²) in [6.45, 7) is 0. The van der Waals surface area contributed by atoms with E-state index in [0.717, 1.165) is 4.47 Å². The molecule has 100 valence electrons. The minimum absolute atomic E-state index is 0.258. The molecular weight excluding hydrogens is 334 g/mol. The monoisotopic (exact) mass is 343 g/mol. The van der Waals surface area contributed by atoms with E-state index in [-0.39, 0.29) is 11.9 Å². The number of halogens is 2. The van der Waals surface area contributed by atoms with Crippen LogP contribution in [0.15, 0.2) is 34.8 Å². The standard InChI is InChI=1S/C13H11BrClNO3/c14-9-3-8(4-10(15)6-9)12(17)16-11-2-1-7(5-11)13(18)19/h1-4,6-7,11H,5H2,(H,16,17)(H,18,19). The molecule has 1 aromatic rings. The predicted octanol–water partition coefficient (Wildman–Crippen LogP) is 2.86. The molecule has 2 unspecified atom stereocenters. The Labute approximate surface area is 123 Å². The van der Waals surface area contributed by atoms with Gasteiger partial charge < -0.3 is 10.4 Å². The molecule has 19 heavy (non-hydrogen) atoms. The van der Waals surface area contributed by atoms with Gasteiger partial charge in [-0.15, -0.1) is 0 Å². The van der Waals surface area contributed by atoms with Crippen LogP contribution >= 0.6 is 27.5 Å². The molecule has 6 heteroatoms. The molecule has 2 N–H and O–H groups in total. The molecule has 0 aromatic heterocycles. The molecule has 1 aliphatic carbocycles. The first-order valence-electron chi connectivity index (χ1n) is 5.64. The largest absolute Gasteiger partial charge is 0.481 e. The van der Waals surface area contributed by atoms with Gasteiger partial charge in [0, 0.05) is 21.1 Å². The normalized spacial score (nSPS) is 21.4. The Morgan fingerprint density at radius 1 is 1.32 bits per heavy atom. The van der Waals surface area contributed by atoms with E-state index in [1.54, 1.807) is 30.4 Å². The Balaban J connectivity index is 2.02. The van der Waals surface area contributed by atoms with Gasteiger partial charge in [0.05, 0.1) is 5.92 Å². The van der Waals surface area contributed by atoms with Gasteiger partial charge in [0.25, 0.3) is 5.91 Å². The lowest BCUT2D eigenvalue weighted by molar-refractivity contribution is -0.140. The van der Waals surface area contributed by atoms with Gasteiger partial charge in [0.15, 0.2) is 0 Å². The molecule has 0 bridgehead atoms. The molecule has 2 atom stereocenters. The zero-order valence-corrected chi connectivity index (χ0v) is 12.1. The zero-order valence-electron chi connectivity index (χ0n) is 9.77. The highest BCUT2D eigenvalue weighted by Gasteiger charge is 2.25. The lowest BCUT2D eigenvalue weighted by Gasteiger charge is -2.12. The van der Waals surface area contributed by atoms with E-state index in [1.165, 1.54) is 0 Å². The number of nitrogens with one attached hydrogen (secondary N) is 1. The maximum Gasteiger partial charge on any atom is 0.310 e. The van der Waals surface area contributed by atoms with Crippen molar-refractivity contribution in [1.82, 2.24) is 5.32 Å². The highest BCUT2D eigenvalue weighted by atomic mass is 79.9. The summed E-state index contributed by atoms with van der Waals surface area (Å²) < 4.78 is 0.718. The fraction of sp³-hybridized carbons (Fsp3) is 0.231. The lowest BCUT2D eigenvalue weighted by Crippen LogP contribution is -2.33. The van der Waals surface area contributed by atoms with Crippen molar-refractivity contribution in [3.8, 4) is 0 Å². The van der Waals surface area contributed by atoms with E-state index in [0.29, 0.717) is 17.0 Å². The summed E-state index contributed by atoms with van der Waals surface area (Å²) in [5.41, 5.74) is 0.437. The van der Waals surface area contributed by atoms with Crippen molar-refractivity contribution in [3.63, 3.8) is 0 Å². The second-order valence-corrected chi connectivity index (χ2v) is 5.66. The first-order valence-corrected chi connectivity index (χ1v) is 6.81. The second kappa shape index (κ2) is 5.75. The molecule has 0 saturated carbocycles. The lowest BCUT2D eigenvalue weighted by atomic mass is 10.1. The Bertz CT molecular complexity index is 539. The Morgan fingerprint density at radius 2 is 2.05 bits per heavy atom. The van der Waals surface area contributed by atoms with E-state index >= 15 is 0 Å². The molecule has 1 aliphatic rings. The van der Waals surface area contributed by atoms with Crippen molar-refractivity contribution >= 4 is 39.4 Å². The number of carbonyl (C=O) groups excluding carboxylic acids is 1. The van der Waals surface area contributed by atoms with E-state index in [1.807, 2.05) is 0 Å². The summed E-state index contributed by atoms with van der Waals surface area (Å²) in [5.74, 6) is -1.68. The van der Waals surface area contributed by atoms with Gasteiger partial charge in [-0.25, -0.2) is 0 Å². The third-order valence-electron chi connectivity index (χ3n) is 2.84. The van der Waals surface area contributed by atoms with Gasteiger partial charge in [-0.1, -0.05) is 39.7 Å². The summed E-state index contributed by atoms with van der Waals surface area (Å²) in [5, 5.41) is 12.1. The van der Waals surface area contributed by atoms with Crippen LogP contribution in [0.3, 0.4) is 0 Å². The summed E-state index contributed by atoms with van der Waals surface area (Å²) >= 11 is 9.14. The molecule has 0 spiro atoms. The number of hydrogen-bond acceptors (Lipinski definition) is 2. The first-order chi connectivity index (χ1) is 8.95. The predicted molar refractivity (Wildman–Crippen MR) is 75.3 cm³/mol. The van der Waals surface area contributed by atoms with Gasteiger partial charge in [-0.2, -0.15) is 0 Å². The summed E-state index contributed by atoms with van der Waals surface area (Å²) in [6.07, 6.45) is 3.68. The van der Waals surface area contributed by atoms with Gasteiger partial charge in [-0.05, 0) is 24.6 Å². The van der Waals surface area contributed by atoms with Crippen LogP contribution in [-0.2, 0) is 4.79 Å². The third kappa shape index (κ3) is 3.58. The SMILES string of the molecule is O=C(NC1C=CC(C(=O)O)C1)c1cc(Cl)cc(Br)c1. The fourth-order valence-electron chi connectivity index (χ4n) is 1.93. The van der Waals surface area contributed by atoms with Crippen LogP contribution in [0.1, 0.15) is 16.8 Å². The number of carboxylic acid groups (broad SMARTS) is 1. The van der Waals surface area contributed by atoms with Crippen molar-refractivity contribution in [2.45, 2.75) is 12.5 Å². The van der Waals surface area contributed by atoms with Crippen LogP contribution in [0.25, 0.3) is 0 Å². The van der Waals surface area contributed by atoms with Gasteiger partial charge in [0.1, 0.15) is 0 Å². The zero-order chi connectivity index (χ0) is 14.0. The third-order valence-corrected chi connectivity index (χ3v) is 3.52. The van der Waals surface area contributed by atoms with Crippen molar-refractivity contribution < 1.29 is 14.7 Å². The molecule has 0 heterocycles. The number of carbonyl (C=O) groups is 2. The molecule has 0 radical (unpaired) electrons. The fourth-order valence-corrected chi connectivity index (χ4v) is 2.79. The summed E-state index contributed by atoms with van der Waals surface area (Å²) in [7, 11) is 0. The molecule has 4 nitrogen and oxygen atoms in total. The molecule has 0 fully saturated rings. The smallest absolute Gasteiger partial charge is 0.310 e. The highest BCUT2D eigenvalue weighted by molar-refractivity contribution is 9.10. The number of hydrogen-bond donors (Lipinski definition) is 2. The van der Waals surface area contributed by atoms with Crippen LogP contribution in [-0.4, -0.2) is 23.0 Å². The minimum Gasteiger partial charge on any atom is -0.481 e. The van der Waals surface area contributed by atoms with Crippen molar-refractivity contribution in [1.29, 1.82) is 0 Å². The highest BCUT2D eigenvalue weighted by Crippen LogP contribution is 2.21. The molecule has 0 saturated heterocycles. The van der Waals surface area contributed by atoms with Crippen LogP contribution in [0, 0.1) is 5.92 Å². The minimum atomic E-state index is -0.876. The average Bonchev–Trinajstić information content (AvgIpc) is 2.76.